The lowest BCUT2D eigenvalue weighted by Gasteiger charge is -2.15. The standard InChI is InChI=1S/C27H29BrN2O4/c1-3-19(2)22-11-7-8-12-24(22)34-18-26(31)29-30-27(32)21-13-14-25(23(28)17-21)33-16-15-20-9-5-4-6-10-20/h4-14,17,19H,3,15-16,18H2,1-2H3,(H,29,31)(H,30,32). The number of carbonyl (C=O) groups excluding carboxylic acids is 2. The molecule has 34 heavy (non-hydrogen) atoms. The molecule has 0 saturated carbocycles. The van der Waals surface area contributed by atoms with Gasteiger partial charge in [-0.1, -0.05) is 62.4 Å². The van der Waals surface area contributed by atoms with E-state index in [1.807, 2.05) is 42.5 Å². The zero-order valence-corrected chi connectivity index (χ0v) is 20.9. The molecule has 0 heterocycles. The van der Waals surface area contributed by atoms with Crippen LogP contribution in [0.15, 0.2) is 77.3 Å². The van der Waals surface area contributed by atoms with Gasteiger partial charge in [0.25, 0.3) is 11.8 Å². The smallest absolute Gasteiger partial charge is 0.276 e. The van der Waals surface area contributed by atoms with Crippen LogP contribution in [0, 0.1) is 0 Å². The third kappa shape index (κ3) is 7.35. The Morgan fingerprint density at radius 1 is 0.912 bits per heavy atom. The molecule has 0 aliphatic carbocycles. The van der Waals surface area contributed by atoms with Crippen molar-refractivity contribution in [2.24, 2.45) is 0 Å². The molecule has 3 aromatic carbocycles. The highest BCUT2D eigenvalue weighted by Gasteiger charge is 2.13. The molecule has 1 atom stereocenters. The molecule has 7 heteroatoms. The molecule has 0 aromatic heterocycles. The molecule has 6 nitrogen and oxygen atoms in total. The van der Waals surface area contributed by atoms with Gasteiger partial charge in [-0.05, 0) is 63.7 Å². The molecule has 2 N–H and O–H groups in total. The van der Waals surface area contributed by atoms with E-state index < -0.39 is 11.8 Å². The Kier molecular flexibility index (Phi) is 9.52. The van der Waals surface area contributed by atoms with Gasteiger partial charge in [0.05, 0.1) is 11.1 Å². The van der Waals surface area contributed by atoms with Crippen LogP contribution in [0.3, 0.4) is 0 Å². The van der Waals surface area contributed by atoms with E-state index in [1.54, 1.807) is 18.2 Å². The van der Waals surface area contributed by atoms with Crippen molar-refractivity contribution < 1.29 is 19.1 Å². The number of para-hydroxylation sites is 1. The topological polar surface area (TPSA) is 76.7 Å². The van der Waals surface area contributed by atoms with Crippen LogP contribution >= 0.6 is 15.9 Å². The van der Waals surface area contributed by atoms with E-state index in [0.717, 1.165) is 18.4 Å². The molecular formula is C27H29BrN2O4. The predicted molar refractivity (Wildman–Crippen MR) is 136 cm³/mol. The van der Waals surface area contributed by atoms with Gasteiger partial charge >= 0.3 is 0 Å². The van der Waals surface area contributed by atoms with Gasteiger partial charge in [-0.3, -0.25) is 20.4 Å². The lowest BCUT2D eigenvalue weighted by molar-refractivity contribution is -0.123. The highest BCUT2D eigenvalue weighted by atomic mass is 79.9. The monoisotopic (exact) mass is 524 g/mol. The first-order chi connectivity index (χ1) is 16.5. The van der Waals surface area contributed by atoms with Gasteiger partial charge in [-0.25, -0.2) is 0 Å². The Morgan fingerprint density at radius 2 is 1.65 bits per heavy atom. The van der Waals surface area contributed by atoms with Crippen LogP contribution in [0.5, 0.6) is 11.5 Å². The molecule has 0 spiro atoms. The molecule has 0 aliphatic heterocycles. The van der Waals surface area contributed by atoms with E-state index in [1.165, 1.54) is 5.56 Å². The Labute approximate surface area is 208 Å². The number of hydrogen-bond acceptors (Lipinski definition) is 4. The number of ether oxygens (including phenoxy) is 2. The van der Waals surface area contributed by atoms with Crippen molar-refractivity contribution >= 4 is 27.7 Å². The summed E-state index contributed by atoms with van der Waals surface area (Å²) in [6.07, 6.45) is 1.75. The maximum Gasteiger partial charge on any atom is 0.276 e. The van der Waals surface area contributed by atoms with E-state index in [4.69, 9.17) is 9.47 Å². The fraction of sp³-hybridized carbons (Fsp3) is 0.259. The summed E-state index contributed by atoms with van der Waals surface area (Å²) in [5.74, 6) is 0.745. The first-order valence-electron chi connectivity index (χ1n) is 11.2. The summed E-state index contributed by atoms with van der Waals surface area (Å²) in [6, 6.07) is 22.7. The number of amides is 2. The first-order valence-corrected chi connectivity index (χ1v) is 12.0. The second-order valence-corrected chi connectivity index (χ2v) is 8.72. The van der Waals surface area contributed by atoms with Gasteiger partial charge in [-0.2, -0.15) is 0 Å². The molecule has 3 rings (SSSR count). The van der Waals surface area contributed by atoms with Crippen molar-refractivity contribution in [3.63, 3.8) is 0 Å². The zero-order valence-electron chi connectivity index (χ0n) is 19.3. The van der Waals surface area contributed by atoms with E-state index in [2.05, 4.69) is 52.8 Å². The molecule has 0 radical (unpaired) electrons. The molecule has 0 bridgehead atoms. The predicted octanol–water partition coefficient (Wildman–Crippen LogP) is 5.42. The Balaban J connectivity index is 1.46. The molecule has 178 valence electrons. The van der Waals surface area contributed by atoms with Crippen molar-refractivity contribution in [3.8, 4) is 11.5 Å². The summed E-state index contributed by atoms with van der Waals surface area (Å²) in [7, 11) is 0. The maximum atomic E-state index is 12.4. The highest BCUT2D eigenvalue weighted by molar-refractivity contribution is 9.10. The third-order valence-corrected chi connectivity index (χ3v) is 6.04. The van der Waals surface area contributed by atoms with E-state index in [0.29, 0.717) is 34.1 Å². The number of halogens is 1. The van der Waals surface area contributed by atoms with Crippen molar-refractivity contribution in [2.45, 2.75) is 32.6 Å². The molecular weight excluding hydrogens is 496 g/mol. The average Bonchev–Trinajstić information content (AvgIpc) is 2.87. The van der Waals surface area contributed by atoms with Crippen LogP contribution in [0.1, 0.15) is 47.7 Å². The maximum absolute atomic E-state index is 12.4. The lowest BCUT2D eigenvalue weighted by atomic mass is 9.98. The normalized spacial score (nSPS) is 11.4. The van der Waals surface area contributed by atoms with Gasteiger partial charge in [-0.15, -0.1) is 0 Å². The zero-order chi connectivity index (χ0) is 24.3. The first kappa shape index (κ1) is 25.3. The van der Waals surface area contributed by atoms with Gasteiger partial charge in [0, 0.05) is 12.0 Å². The fourth-order valence-corrected chi connectivity index (χ4v) is 3.79. The number of hydrazine groups is 1. The molecule has 1 unspecified atom stereocenters. The molecule has 0 saturated heterocycles. The number of hydrogen-bond donors (Lipinski definition) is 2. The summed E-state index contributed by atoms with van der Waals surface area (Å²) in [5, 5.41) is 0. The van der Waals surface area contributed by atoms with Crippen molar-refractivity contribution in [1.29, 1.82) is 0 Å². The molecule has 3 aromatic rings. The van der Waals surface area contributed by atoms with Crippen LogP contribution in [0.4, 0.5) is 0 Å². The molecule has 2 amide bonds. The average molecular weight is 525 g/mol. The molecule has 0 fully saturated rings. The second kappa shape index (κ2) is 12.8. The number of carbonyl (C=O) groups is 2. The Bertz CT molecular complexity index is 1100. The van der Waals surface area contributed by atoms with Gasteiger partial charge in [0.1, 0.15) is 11.5 Å². The number of benzene rings is 3. The van der Waals surface area contributed by atoms with E-state index in [-0.39, 0.29) is 6.61 Å². The van der Waals surface area contributed by atoms with Crippen LogP contribution in [0.25, 0.3) is 0 Å². The summed E-state index contributed by atoms with van der Waals surface area (Å²) in [4.78, 5) is 24.6. The van der Waals surface area contributed by atoms with E-state index >= 15 is 0 Å². The van der Waals surface area contributed by atoms with Gasteiger partial charge < -0.3 is 9.47 Å². The second-order valence-electron chi connectivity index (χ2n) is 7.87. The largest absolute Gasteiger partial charge is 0.492 e. The summed E-state index contributed by atoms with van der Waals surface area (Å²) >= 11 is 3.44. The van der Waals surface area contributed by atoms with E-state index in [9.17, 15) is 9.59 Å². The minimum absolute atomic E-state index is 0.203. The SMILES string of the molecule is CCC(C)c1ccccc1OCC(=O)NNC(=O)c1ccc(OCCc2ccccc2)c(Br)c1. The van der Waals surface area contributed by atoms with Crippen molar-refractivity contribution in [2.75, 3.05) is 13.2 Å². The molecule has 0 aliphatic rings. The van der Waals surface area contributed by atoms with Crippen LogP contribution in [0.2, 0.25) is 0 Å². The summed E-state index contributed by atoms with van der Waals surface area (Å²) in [6.45, 7) is 4.53. The Morgan fingerprint density at radius 3 is 2.38 bits per heavy atom. The van der Waals surface area contributed by atoms with Gasteiger partial charge in [0.2, 0.25) is 0 Å². The third-order valence-electron chi connectivity index (χ3n) is 5.42. The highest BCUT2D eigenvalue weighted by Crippen LogP contribution is 2.28. The fourth-order valence-electron chi connectivity index (χ4n) is 3.30. The summed E-state index contributed by atoms with van der Waals surface area (Å²) < 4.78 is 12.2. The van der Waals surface area contributed by atoms with Crippen molar-refractivity contribution in [3.05, 3.63) is 94.0 Å². The minimum atomic E-state index is -0.452. The minimum Gasteiger partial charge on any atom is -0.492 e. The summed E-state index contributed by atoms with van der Waals surface area (Å²) in [5.41, 5.74) is 7.43. The number of rotatable bonds is 10. The van der Waals surface area contributed by atoms with Crippen LogP contribution in [-0.2, 0) is 11.2 Å². The lowest BCUT2D eigenvalue weighted by Crippen LogP contribution is -2.43. The van der Waals surface area contributed by atoms with Gasteiger partial charge in [0.15, 0.2) is 6.61 Å². The van der Waals surface area contributed by atoms with Crippen LogP contribution < -0.4 is 20.3 Å². The van der Waals surface area contributed by atoms with Crippen LogP contribution in [-0.4, -0.2) is 25.0 Å². The Hall–Kier alpha value is -3.32. The number of nitrogens with one attached hydrogen (secondary N) is 2. The quantitative estimate of drug-likeness (QED) is 0.347. The van der Waals surface area contributed by atoms with Crippen molar-refractivity contribution in [1.82, 2.24) is 10.9 Å².